The van der Waals surface area contributed by atoms with Crippen molar-refractivity contribution >= 4 is 28.5 Å². The van der Waals surface area contributed by atoms with Crippen LogP contribution in [0.15, 0.2) is 12.4 Å². The van der Waals surface area contributed by atoms with Crippen LogP contribution in [0.2, 0.25) is 0 Å². The molecule has 0 radical (unpaired) electrons. The minimum atomic E-state index is -0.0259. The number of nitrogens with zero attached hydrogens (tertiary/aromatic N) is 2. The van der Waals surface area contributed by atoms with Gasteiger partial charge in [-0.3, -0.25) is 9.48 Å². The van der Waals surface area contributed by atoms with E-state index in [0.717, 1.165) is 13.0 Å². The maximum absolute atomic E-state index is 11.6. The van der Waals surface area contributed by atoms with Crippen molar-refractivity contribution in [2.45, 2.75) is 25.7 Å². The molecule has 1 heterocycles. The molecular weight excluding hydrogens is 317 g/mol. The molecule has 0 aliphatic rings. The van der Waals surface area contributed by atoms with E-state index < -0.39 is 0 Å². The SMILES string of the molecule is Cn1cc(C(=O)NCCCCCCI)cn1. The van der Waals surface area contributed by atoms with Crippen LogP contribution >= 0.6 is 22.6 Å². The molecule has 90 valence electrons. The molecular formula is C11H18IN3O. The first-order chi connectivity index (χ1) is 7.74. The third-order valence-electron chi connectivity index (χ3n) is 2.31. The minimum absolute atomic E-state index is 0.0259. The second-order valence-electron chi connectivity index (χ2n) is 3.76. The highest BCUT2D eigenvalue weighted by Gasteiger charge is 2.05. The topological polar surface area (TPSA) is 46.9 Å². The Morgan fingerprint density at radius 2 is 2.19 bits per heavy atom. The summed E-state index contributed by atoms with van der Waals surface area (Å²) in [6, 6.07) is 0. The van der Waals surface area contributed by atoms with Crippen LogP contribution < -0.4 is 5.32 Å². The number of aryl methyl sites for hydroxylation is 1. The number of carbonyl (C=O) groups excluding carboxylic acids is 1. The Hall–Kier alpha value is -0.590. The Morgan fingerprint density at radius 1 is 1.44 bits per heavy atom. The molecule has 1 aromatic heterocycles. The standard InChI is InChI=1S/C11H18IN3O/c1-15-9-10(8-14-15)11(16)13-7-5-3-2-4-6-12/h8-9H,2-7H2,1H3,(H,13,16). The lowest BCUT2D eigenvalue weighted by Crippen LogP contribution is -2.24. The van der Waals surface area contributed by atoms with Crippen molar-refractivity contribution in [3.05, 3.63) is 18.0 Å². The van der Waals surface area contributed by atoms with Crippen molar-refractivity contribution in [3.8, 4) is 0 Å². The summed E-state index contributed by atoms with van der Waals surface area (Å²) < 4.78 is 2.86. The Balaban J connectivity index is 2.11. The number of halogens is 1. The van der Waals surface area contributed by atoms with Gasteiger partial charge in [0.2, 0.25) is 0 Å². The van der Waals surface area contributed by atoms with E-state index in [2.05, 4.69) is 33.0 Å². The lowest BCUT2D eigenvalue weighted by atomic mass is 10.2. The van der Waals surface area contributed by atoms with Crippen LogP contribution in [0, 0.1) is 0 Å². The smallest absolute Gasteiger partial charge is 0.254 e. The van der Waals surface area contributed by atoms with Crippen molar-refractivity contribution in [3.63, 3.8) is 0 Å². The first kappa shape index (κ1) is 13.5. The minimum Gasteiger partial charge on any atom is -0.352 e. The van der Waals surface area contributed by atoms with Gasteiger partial charge in [-0.25, -0.2) is 0 Å². The average molecular weight is 335 g/mol. The summed E-state index contributed by atoms with van der Waals surface area (Å²) in [5.41, 5.74) is 0.634. The van der Waals surface area contributed by atoms with E-state index in [1.165, 1.54) is 23.7 Å². The quantitative estimate of drug-likeness (QED) is 0.472. The van der Waals surface area contributed by atoms with Gasteiger partial charge in [0, 0.05) is 19.8 Å². The molecule has 4 nitrogen and oxygen atoms in total. The molecule has 0 spiro atoms. The van der Waals surface area contributed by atoms with E-state index in [4.69, 9.17) is 0 Å². The zero-order chi connectivity index (χ0) is 11.8. The summed E-state index contributed by atoms with van der Waals surface area (Å²) >= 11 is 2.39. The first-order valence-electron chi connectivity index (χ1n) is 5.57. The number of rotatable bonds is 7. The van der Waals surface area contributed by atoms with Crippen LogP contribution in [0.4, 0.5) is 0 Å². The predicted molar refractivity (Wildman–Crippen MR) is 72.9 cm³/mol. The predicted octanol–water partition coefficient (Wildman–Crippen LogP) is 2.15. The van der Waals surface area contributed by atoms with Gasteiger partial charge in [0.05, 0.1) is 11.8 Å². The van der Waals surface area contributed by atoms with Gasteiger partial charge in [-0.1, -0.05) is 35.4 Å². The lowest BCUT2D eigenvalue weighted by molar-refractivity contribution is 0.0953. The van der Waals surface area contributed by atoms with Crippen LogP contribution in [-0.2, 0) is 7.05 Å². The molecule has 0 saturated carbocycles. The van der Waals surface area contributed by atoms with Gasteiger partial charge >= 0.3 is 0 Å². The Bertz CT molecular complexity index is 325. The molecule has 0 fully saturated rings. The molecule has 1 aromatic rings. The number of alkyl halides is 1. The highest BCUT2D eigenvalue weighted by molar-refractivity contribution is 14.1. The number of unbranched alkanes of at least 4 members (excludes halogenated alkanes) is 3. The maximum atomic E-state index is 11.6. The second-order valence-corrected chi connectivity index (χ2v) is 4.84. The van der Waals surface area contributed by atoms with E-state index >= 15 is 0 Å². The Kier molecular flexibility index (Phi) is 6.44. The molecule has 16 heavy (non-hydrogen) atoms. The highest BCUT2D eigenvalue weighted by atomic mass is 127. The molecule has 0 atom stereocenters. The first-order valence-corrected chi connectivity index (χ1v) is 7.09. The molecule has 0 saturated heterocycles. The van der Waals surface area contributed by atoms with Crippen molar-refractivity contribution in [1.29, 1.82) is 0 Å². The van der Waals surface area contributed by atoms with E-state index in [1.807, 2.05) is 0 Å². The Labute approximate surface area is 110 Å². The van der Waals surface area contributed by atoms with E-state index in [1.54, 1.807) is 24.1 Å². The fraction of sp³-hybridized carbons (Fsp3) is 0.636. The van der Waals surface area contributed by atoms with Gasteiger partial charge < -0.3 is 5.32 Å². The molecule has 0 unspecified atom stereocenters. The van der Waals surface area contributed by atoms with Gasteiger partial charge in [-0.05, 0) is 17.3 Å². The van der Waals surface area contributed by atoms with Crippen molar-refractivity contribution < 1.29 is 4.79 Å². The van der Waals surface area contributed by atoms with E-state index in [-0.39, 0.29) is 5.91 Å². The fourth-order valence-corrected chi connectivity index (χ4v) is 1.95. The fourth-order valence-electron chi connectivity index (χ4n) is 1.42. The molecule has 1 rings (SSSR count). The lowest BCUT2D eigenvalue weighted by Gasteiger charge is -2.02. The summed E-state index contributed by atoms with van der Waals surface area (Å²) in [6.45, 7) is 0.759. The van der Waals surface area contributed by atoms with Gasteiger partial charge in [0.15, 0.2) is 0 Å². The summed E-state index contributed by atoms with van der Waals surface area (Å²) in [7, 11) is 1.81. The van der Waals surface area contributed by atoms with Gasteiger partial charge in [0.25, 0.3) is 5.91 Å². The number of hydrogen-bond acceptors (Lipinski definition) is 2. The maximum Gasteiger partial charge on any atom is 0.254 e. The Morgan fingerprint density at radius 3 is 2.81 bits per heavy atom. The van der Waals surface area contributed by atoms with Crippen LogP contribution in [0.3, 0.4) is 0 Å². The van der Waals surface area contributed by atoms with Crippen molar-refractivity contribution in [1.82, 2.24) is 15.1 Å². The zero-order valence-electron chi connectivity index (χ0n) is 9.58. The van der Waals surface area contributed by atoms with E-state index in [9.17, 15) is 4.79 Å². The van der Waals surface area contributed by atoms with Crippen LogP contribution in [0.5, 0.6) is 0 Å². The van der Waals surface area contributed by atoms with Crippen molar-refractivity contribution in [2.75, 3.05) is 11.0 Å². The molecule has 1 N–H and O–H groups in total. The molecule has 0 bridgehead atoms. The summed E-state index contributed by atoms with van der Waals surface area (Å²) in [5.74, 6) is -0.0259. The van der Waals surface area contributed by atoms with Gasteiger partial charge in [0.1, 0.15) is 0 Å². The normalized spacial score (nSPS) is 10.4. The number of amides is 1. The monoisotopic (exact) mass is 335 g/mol. The van der Waals surface area contributed by atoms with E-state index in [0.29, 0.717) is 5.56 Å². The number of aromatic nitrogens is 2. The second kappa shape index (κ2) is 7.65. The summed E-state index contributed by atoms with van der Waals surface area (Å²) in [4.78, 5) is 11.6. The number of carbonyl (C=O) groups is 1. The van der Waals surface area contributed by atoms with Crippen molar-refractivity contribution in [2.24, 2.45) is 7.05 Å². The largest absolute Gasteiger partial charge is 0.352 e. The van der Waals surface area contributed by atoms with Gasteiger partial charge in [-0.2, -0.15) is 5.10 Å². The third-order valence-corrected chi connectivity index (χ3v) is 3.08. The number of hydrogen-bond donors (Lipinski definition) is 1. The molecule has 1 amide bonds. The molecule has 0 aliphatic carbocycles. The summed E-state index contributed by atoms with van der Waals surface area (Å²) in [6.07, 6.45) is 8.10. The average Bonchev–Trinajstić information content (AvgIpc) is 2.70. The molecule has 0 aliphatic heterocycles. The zero-order valence-corrected chi connectivity index (χ0v) is 11.7. The van der Waals surface area contributed by atoms with Crippen LogP contribution in [-0.4, -0.2) is 26.7 Å². The third kappa shape index (κ3) is 4.96. The van der Waals surface area contributed by atoms with Crippen LogP contribution in [0.25, 0.3) is 0 Å². The number of nitrogens with one attached hydrogen (secondary N) is 1. The molecule has 5 heteroatoms. The molecule has 0 aromatic carbocycles. The van der Waals surface area contributed by atoms with Crippen LogP contribution in [0.1, 0.15) is 36.0 Å². The summed E-state index contributed by atoms with van der Waals surface area (Å²) in [5, 5.41) is 6.86. The van der Waals surface area contributed by atoms with Gasteiger partial charge in [-0.15, -0.1) is 0 Å². The highest BCUT2D eigenvalue weighted by Crippen LogP contribution is 2.02.